The summed E-state index contributed by atoms with van der Waals surface area (Å²) >= 11 is 8.62. The number of halogens is 6. The van der Waals surface area contributed by atoms with Crippen molar-refractivity contribution >= 4 is 23.2 Å². The molecule has 0 aromatic heterocycles. The van der Waals surface area contributed by atoms with Crippen molar-refractivity contribution in [2.45, 2.75) is 16.9 Å². The Hall–Kier alpha value is 0.260. The van der Waals surface area contributed by atoms with Crippen molar-refractivity contribution in [2.75, 3.05) is 0 Å². The molecule has 0 rings (SSSR count). The topological polar surface area (TPSA) is 20.2 Å². The van der Waals surface area contributed by atoms with Crippen molar-refractivity contribution in [3.63, 3.8) is 0 Å². The number of alkyl halides is 6. The minimum atomic E-state index is -4.81. The number of rotatable bonds is 2. The lowest BCUT2D eigenvalue weighted by Crippen LogP contribution is -2.44. The Morgan fingerprint density at radius 3 is 1.50 bits per heavy atom. The fourth-order valence-corrected chi connectivity index (χ4v) is 0.296. The summed E-state index contributed by atoms with van der Waals surface area (Å²) in [4.78, 5) is 0. The molecule has 0 heterocycles. The molecular formula is C3H2Cl2F4O. The van der Waals surface area contributed by atoms with E-state index in [9.17, 15) is 17.6 Å². The van der Waals surface area contributed by atoms with Gasteiger partial charge < -0.3 is 5.11 Å². The van der Waals surface area contributed by atoms with Crippen molar-refractivity contribution in [1.82, 2.24) is 0 Å². The van der Waals surface area contributed by atoms with Gasteiger partial charge in [-0.05, 0) is 0 Å². The van der Waals surface area contributed by atoms with Gasteiger partial charge in [0.1, 0.15) is 0 Å². The van der Waals surface area contributed by atoms with Gasteiger partial charge in [0.15, 0.2) is 0 Å². The lowest BCUT2D eigenvalue weighted by molar-refractivity contribution is -0.181. The van der Waals surface area contributed by atoms with Gasteiger partial charge in [0.05, 0.1) is 0 Å². The monoisotopic (exact) mass is 200 g/mol. The minimum absolute atomic E-state index is 3.72. The Balaban J connectivity index is 4.40. The third kappa shape index (κ3) is 1.87. The third-order valence-electron chi connectivity index (χ3n) is 0.675. The smallest absolute Gasteiger partial charge is 0.358 e. The predicted octanol–water partition coefficient (Wildman–Crippen LogP) is 2.01. The normalized spacial score (nSPS) is 14.4. The second kappa shape index (κ2) is 2.71. The zero-order chi connectivity index (χ0) is 8.58. The Bertz CT molecular complexity index is 120. The van der Waals surface area contributed by atoms with Crippen LogP contribution in [0.15, 0.2) is 0 Å². The lowest BCUT2D eigenvalue weighted by Gasteiger charge is -2.22. The average Bonchev–Trinajstić information content (AvgIpc) is 1.62. The van der Waals surface area contributed by atoms with Gasteiger partial charge >= 0.3 is 12.3 Å². The largest absolute Gasteiger partial charge is 0.363 e. The van der Waals surface area contributed by atoms with Gasteiger partial charge in [0.25, 0.3) is 4.52 Å². The van der Waals surface area contributed by atoms with Gasteiger partial charge in [-0.25, -0.2) is 8.78 Å². The van der Waals surface area contributed by atoms with E-state index in [1.54, 1.807) is 0 Å². The van der Waals surface area contributed by atoms with E-state index in [0.29, 0.717) is 0 Å². The van der Waals surface area contributed by atoms with Crippen LogP contribution >= 0.6 is 23.2 Å². The molecule has 0 unspecified atom stereocenters. The van der Waals surface area contributed by atoms with Gasteiger partial charge in [0, 0.05) is 0 Å². The Kier molecular flexibility index (Phi) is 2.78. The van der Waals surface area contributed by atoms with Gasteiger partial charge in [-0.2, -0.15) is 8.78 Å². The Morgan fingerprint density at radius 2 is 1.50 bits per heavy atom. The molecule has 0 aromatic rings. The van der Waals surface area contributed by atoms with Gasteiger partial charge in [-0.3, -0.25) is 0 Å². The molecule has 0 saturated heterocycles. The maximum absolute atomic E-state index is 11.8. The van der Waals surface area contributed by atoms with E-state index in [1.165, 1.54) is 0 Å². The SMILES string of the molecule is OC(Cl)(Cl)C(F)(F)C(F)F. The fraction of sp³-hybridized carbons (Fsp3) is 1.00. The van der Waals surface area contributed by atoms with Crippen molar-refractivity contribution in [3.8, 4) is 0 Å². The maximum Gasteiger partial charge on any atom is 0.363 e. The average molecular weight is 201 g/mol. The molecule has 0 amide bonds. The molecule has 0 radical (unpaired) electrons. The van der Waals surface area contributed by atoms with E-state index in [0.717, 1.165) is 0 Å². The van der Waals surface area contributed by atoms with E-state index in [2.05, 4.69) is 23.2 Å². The summed E-state index contributed by atoms with van der Waals surface area (Å²) in [6.45, 7) is 0. The third-order valence-corrected chi connectivity index (χ3v) is 1.18. The van der Waals surface area contributed by atoms with E-state index in [1.807, 2.05) is 0 Å². The standard InChI is InChI=1S/C3H2Cl2F4O/c4-3(5,10)2(8,9)1(6)7/h1,10H. The molecular weight excluding hydrogens is 199 g/mol. The van der Waals surface area contributed by atoms with Crippen LogP contribution in [-0.2, 0) is 0 Å². The molecule has 0 bridgehead atoms. The summed E-state index contributed by atoms with van der Waals surface area (Å²) in [7, 11) is 0. The number of aliphatic hydroxyl groups is 1. The van der Waals surface area contributed by atoms with Crippen LogP contribution < -0.4 is 0 Å². The maximum atomic E-state index is 11.8. The number of hydrogen-bond acceptors (Lipinski definition) is 1. The predicted molar refractivity (Wildman–Crippen MR) is 27.6 cm³/mol. The molecule has 0 atom stereocenters. The van der Waals surface area contributed by atoms with Crippen molar-refractivity contribution in [1.29, 1.82) is 0 Å². The first-order chi connectivity index (χ1) is 4.19. The zero-order valence-electron chi connectivity index (χ0n) is 4.29. The van der Waals surface area contributed by atoms with Crippen LogP contribution in [0.1, 0.15) is 0 Å². The molecule has 0 spiro atoms. The first-order valence-corrected chi connectivity index (χ1v) is 2.71. The molecule has 7 heteroatoms. The minimum Gasteiger partial charge on any atom is -0.358 e. The van der Waals surface area contributed by atoms with Gasteiger partial charge in [0.2, 0.25) is 0 Å². The molecule has 62 valence electrons. The molecule has 0 aliphatic carbocycles. The van der Waals surface area contributed by atoms with Crippen LogP contribution in [0.25, 0.3) is 0 Å². The molecule has 0 aliphatic rings. The van der Waals surface area contributed by atoms with Gasteiger partial charge in [-0.15, -0.1) is 0 Å². The van der Waals surface area contributed by atoms with E-state index in [4.69, 9.17) is 5.11 Å². The van der Waals surface area contributed by atoms with Crippen LogP contribution in [0.5, 0.6) is 0 Å². The highest BCUT2D eigenvalue weighted by Gasteiger charge is 2.58. The van der Waals surface area contributed by atoms with Crippen molar-refractivity contribution in [3.05, 3.63) is 0 Å². The summed E-state index contributed by atoms with van der Waals surface area (Å²) in [6, 6.07) is 0. The highest BCUT2D eigenvalue weighted by Crippen LogP contribution is 2.40. The molecule has 1 N–H and O–H groups in total. The first kappa shape index (κ1) is 10.3. The van der Waals surface area contributed by atoms with Crippen LogP contribution in [0.4, 0.5) is 17.6 Å². The second-order valence-electron chi connectivity index (χ2n) is 1.46. The molecule has 0 aliphatic heterocycles. The summed E-state index contributed by atoms with van der Waals surface area (Å²) in [5, 5.41) is 8.02. The number of hydrogen-bond donors (Lipinski definition) is 1. The van der Waals surface area contributed by atoms with Crippen molar-refractivity contribution in [2.24, 2.45) is 0 Å². The summed E-state index contributed by atoms with van der Waals surface area (Å²) in [5.41, 5.74) is 0. The summed E-state index contributed by atoms with van der Waals surface area (Å²) in [5.74, 6) is -4.81. The van der Waals surface area contributed by atoms with Gasteiger partial charge in [-0.1, -0.05) is 23.2 Å². The highest BCUT2D eigenvalue weighted by atomic mass is 35.5. The summed E-state index contributed by atoms with van der Waals surface area (Å²) < 4.78 is 42.3. The van der Waals surface area contributed by atoms with Crippen molar-refractivity contribution < 1.29 is 22.7 Å². The Labute approximate surface area is 63.5 Å². The van der Waals surface area contributed by atoms with Crippen LogP contribution in [0, 0.1) is 0 Å². The Morgan fingerprint density at radius 1 is 1.20 bits per heavy atom. The molecule has 0 fully saturated rings. The lowest BCUT2D eigenvalue weighted by atomic mass is 10.4. The molecule has 1 nitrogen and oxygen atoms in total. The molecule has 10 heavy (non-hydrogen) atoms. The van der Waals surface area contributed by atoms with E-state index < -0.39 is 16.9 Å². The fourth-order valence-electron chi connectivity index (χ4n) is 0.131. The van der Waals surface area contributed by atoms with E-state index >= 15 is 0 Å². The second-order valence-corrected chi connectivity index (χ2v) is 2.75. The van der Waals surface area contributed by atoms with Crippen LogP contribution in [0.2, 0.25) is 0 Å². The van der Waals surface area contributed by atoms with E-state index in [-0.39, 0.29) is 0 Å². The molecule has 0 saturated carbocycles. The quantitative estimate of drug-likeness (QED) is 0.535. The highest BCUT2D eigenvalue weighted by molar-refractivity contribution is 6.47. The summed E-state index contributed by atoms with van der Waals surface area (Å²) in [6.07, 6.45) is -4.09. The van der Waals surface area contributed by atoms with Crippen LogP contribution in [-0.4, -0.2) is 22.0 Å². The molecule has 0 aromatic carbocycles. The van der Waals surface area contributed by atoms with Crippen LogP contribution in [0.3, 0.4) is 0 Å². The zero-order valence-corrected chi connectivity index (χ0v) is 5.80. The first-order valence-electron chi connectivity index (χ1n) is 1.95.